The van der Waals surface area contributed by atoms with Crippen molar-refractivity contribution in [2.75, 3.05) is 13.2 Å². The van der Waals surface area contributed by atoms with Crippen LogP contribution in [0.4, 0.5) is 0 Å². The first-order valence-electron chi connectivity index (χ1n) is 5.76. The molecule has 0 saturated heterocycles. The molecule has 0 radical (unpaired) electrons. The molecule has 0 amide bonds. The predicted octanol–water partition coefficient (Wildman–Crippen LogP) is 3.13. The van der Waals surface area contributed by atoms with Crippen LogP contribution >= 0.6 is 11.6 Å². The summed E-state index contributed by atoms with van der Waals surface area (Å²) in [5.74, 6) is 0.685. The smallest absolute Gasteiger partial charge is 0.137 e. The lowest BCUT2D eigenvalue weighted by molar-refractivity contribution is 0.313. The minimum absolute atomic E-state index is 0.510. The van der Waals surface area contributed by atoms with Gasteiger partial charge in [0.05, 0.1) is 17.7 Å². The van der Waals surface area contributed by atoms with Gasteiger partial charge in [-0.1, -0.05) is 24.6 Å². The van der Waals surface area contributed by atoms with Crippen LogP contribution in [0, 0.1) is 11.3 Å². The summed E-state index contributed by atoms with van der Waals surface area (Å²) in [6.45, 7) is 4.34. The predicted molar refractivity (Wildman–Crippen MR) is 69.2 cm³/mol. The van der Waals surface area contributed by atoms with Gasteiger partial charge in [0.1, 0.15) is 5.75 Å². The van der Waals surface area contributed by atoms with Crippen LogP contribution in [0.15, 0.2) is 18.2 Å². The van der Waals surface area contributed by atoms with Gasteiger partial charge in [-0.25, -0.2) is 0 Å². The summed E-state index contributed by atoms with van der Waals surface area (Å²) in [6, 6.07) is 7.86. The van der Waals surface area contributed by atoms with Crippen molar-refractivity contribution in [3.8, 4) is 11.8 Å². The van der Waals surface area contributed by atoms with E-state index in [1.165, 1.54) is 0 Å². The lowest BCUT2D eigenvalue weighted by Crippen LogP contribution is -2.11. The van der Waals surface area contributed by atoms with E-state index in [0.29, 0.717) is 23.8 Å². The molecular weight excluding hydrogens is 236 g/mol. The topological polar surface area (TPSA) is 45.0 Å². The van der Waals surface area contributed by atoms with Crippen molar-refractivity contribution >= 4 is 11.6 Å². The standard InChI is InChI=1S/C13H17ClN2O/c1-2-16-10-11-5-6-13(12(14)9-11)17-8-4-3-7-15/h5-6,9,16H,2-4,8,10H2,1H3. The molecule has 92 valence electrons. The zero-order valence-electron chi connectivity index (χ0n) is 10.0. The second-order valence-corrected chi connectivity index (χ2v) is 4.06. The molecule has 1 N–H and O–H groups in total. The number of nitriles is 1. The average Bonchev–Trinajstić information content (AvgIpc) is 2.34. The number of nitrogens with one attached hydrogen (secondary N) is 1. The van der Waals surface area contributed by atoms with Gasteiger partial charge in [0.2, 0.25) is 0 Å². The molecule has 0 bridgehead atoms. The second-order valence-electron chi connectivity index (χ2n) is 3.66. The molecule has 0 fully saturated rings. The third-order valence-corrected chi connectivity index (χ3v) is 2.56. The quantitative estimate of drug-likeness (QED) is 0.759. The molecule has 3 nitrogen and oxygen atoms in total. The molecule has 0 aliphatic heterocycles. The molecule has 4 heteroatoms. The maximum Gasteiger partial charge on any atom is 0.137 e. The van der Waals surface area contributed by atoms with E-state index >= 15 is 0 Å². The highest BCUT2D eigenvalue weighted by atomic mass is 35.5. The summed E-state index contributed by atoms with van der Waals surface area (Å²) in [5.41, 5.74) is 1.14. The Balaban J connectivity index is 2.48. The highest BCUT2D eigenvalue weighted by molar-refractivity contribution is 6.32. The van der Waals surface area contributed by atoms with Crippen molar-refractivity contribution in [2.45, 2.75) is 26.3 Å². The Bertz CT molecular complexity index is 387. The van der Waals surface area contributed by atoms with Crippen LogP contribution in [0.3, 0.4) is 0 Å². The molecule has 0 aromatic heterocycles. The SMILES string of the molecule is CCNCc1ccc(OCCCC#N)c(Cl)c1. The Kier molecular flexibility index (Phi) is 6.46. The molecule has 0 atom stereocenters. The molecule has 1 aromatic carbocycles. The van der Waals surface area contributed by atoms with E-state index in [1.54, 1.807) is 0 Å². The van der Waals surface area contributed by atoms with Crippen molar-refractivity contribution in [1.29, 1.82) is 5.26 Å². The van der Waals surface area contributed by atoms with E-state index in [1.807, 2.05) is 18.2 Å². The lowest BCUT2D eigenvalue weighted by atomic mass is 10.2. The number of rotatable bonds is 7. The van der Waals surface area contributed by atoms with Gasteiger partial charge >= 0.3 is 0 Å². The van der Waals surface area contributed by atoms with E-state index in [9.17, 15) is 0 Å². The number of nitrogens with zero attached hydrogens (tertiary/aromatic N) is 1. The Morgan fingerprint density at radius 3 is 2.94 bits per heavy atom. The van der Waals surface area contributed by atoms with Crippen LogP contribution in [-0.2, 0) is 6.54 Å². The van der Waals surface area contributed by atoms with E-state index in [-0.39, 0.29) is 0 Å². The van der Waals surface area contributed by atoms with E-state index < -0.39 is 0 Å². The highest BCUT2D eigenvalue weighted by Crippen LogP contribution is 2.25. The maximum absolute atomic E-state index is 8.40. The number of benzene rings is 1. The number of halogens is 1. The van der Waals surface area contributed by atoms with Gasteiger partial charge in [-0.2, -0.15) is 5.26 Å². The Hall–Kier alpha value is -1.24. The van der Waals surface area contributed by atoms with Crippen LogP contribution < -0.4 is 10.1 Å². The summed E-state index contributed by atoms with van der Waals surface area (Å²) in [6.07, 6.45) is 1.24. The summed E-state index contributed by atoms with van der Waals surface area (Å²) in [4.78, 5) is 0. The average molecular weight is 253 g/mol. The van der Waals surface area contributed by atoms with Crippen LogP contribution in [0.1, 0.15) is 25.3 Å². The van der Waals surface area contributed by atoms with Crippen molar-refractivity contribution in [3.05, 3.63) is 28.8 Å². The van der Waals surface area contributed by atoms with Crippen LogP contribution in [0.2, 0.25) is 5.02 Å². The first-order valence-corrected chi connectivity index (χ1v) is 6.14. The summed E-state index contributed by atoms with van der Waals surface area (Å²) < 4.78 is 5.49. The fourth-order valence-electron chi connectivity index (χ4n) is 1.37. The molecule has 1 aromatic rings. The molecule has 0 aliphatic carbocycles. The summed E-state index contributed by atoms with van der Waals surface area (Å²) in [7, 11) is 0. The lowest BCUT2D eigenvalue weighted by Gasteiger charge is -2.09. The van der Waals surface area contributed by atoms with Gasteiger partial charge in [-0.15, -0.1) is 0 Å². The van der Waals surface area contributed by atoms with Gasteiger partial charge in [0.25, 0.3) is 0 Å². The van der Waals surface area contributed by atoms with E-state index in [0.717, 1.165) is 25.1 Å². The van der Waals surface area contributed by atoms with Crippen molar-refractivity contribution in [3.63, 3.8) is 0 Å². The number of hydrogen-bond acceptors (Lipinski definition) is 3. The van der Waals surface area contributed by atoms with Crippen molar-refractivity contribution in [1.82, 2.24) is 5.32 Å². The molecular formula is C13H17ClN2O. The van der Waals surface area contributed by atoms with Crippen LogP contribution in [-0.4, -0.2) is 13.2 Å². The number of hydrogen-bond donors (Lipinski definition) is 1. The monoisotopic (exact) mass is 252 g/mol. The molecule has 0 saturated carbocycles. The van der Waals surface area contributed by atoms with Gasteiger partial charge in [-0.3, -0.25) is 0 Å². The molecule has 17 heavy (non-hydrogen) atoms. The maximum atomic E-state index is 8.40. The molecule has 0 aliphatic rings. The highest BCUT2D eigenvalue weighted by Gasteiger charge is 2.02. The van der Waals surface area contributed by atoms with Gasteiger partial charge in [0, 0.05) is 13.0 Å². The Morgan fingerprint density at radius 1 is 1.47 bits per heavy atom. The largest absolute Gasteiger partial charge is 0.492 e. The van der Waals surface area contributed by atoms with Gasteiger partial charge < -0.3 is 10.1 Å². The van der Waals surface area contributed by atoms with Crippen LogP contribution in [0.5, 0.6) is 5.75 Å². The molecule has 0 heterocycles. The van der Waals surface area contributed by atoms with Gasteiger partial charge in [0.15, 0.2) is 0 Å². The third kappa shape index (κ3) is 5.08. The number of ether oxygens (including phenoxy) is 1. The molecule has 0 unspecified atom stereocenters. The zero-order chi connectivity index (χ0) is 12.5. The normalized spacial score (nSPS) is 9.94. The minimum Gasteiger partial charge on any atom is -0.492 e. The minimum atomic E-state index is 0.510. The first-order chi connectivity index (χ1) is 8.27. The van der Waals surface area contributed by atoms with Crippen molar-refractivity contribution in [2.24, 2.45) is 0 Å². The van der Waals surface area contributed by atoms with E-state index in [2.05, 4.69) is 18.3 Å². The number of unbranched alkanes of at least 4 members (excludes halogenated alkanes) is 1. The third-order valence-electron chi connectivity index (χ3n) is 2.27. The van der Waals surface area contributed by atoms with E-state index in [4.69, 9.17) is 21.6 Å². The van der Waals surface area contributed by atoms with Gasteiger partial charge in [-0.05, 0) is 30.7 Å². The molecule has 1 rings (SSSR count). The zero-order valence-corrected chi connectivity index (χ0v) is 10.8. The fraction of sp³-hybridized carbons (Fsp3) is 0.462. The van der Waals surface area contributed by atoms with Crippen molar-refractivity contribution < 1.29 is 4.74 Å². The second kappa shape index (κ2) is 7.94. The Morgan fingerprint density at radius 2 is 2.29 bits per heavy atom. The first kappa shape index (κ1) is 13.8. The summed E-state index contributed by atoms with van der Waals surface area (Å²) >= 11 is 6.10. The van der Waals surface area contributed by atoms with Crippen LogP contribution in [0.25, 0.3) is 0 Å². The molecule has 0 spiro atoms. The summed E-state index contributed by atoms with van der Waals surface area (Å²) in [5, 5.41) is 12.3. The Labute approximate surface area is 107 Å². The fourth-order valence-corrected chi connectivity index (χ4v) is 1.63.